The number of carbonyl (C=O) groups excluding carboxylic acids is 2. The molecule has 0 radical (unpaired) electrons. The normalized spacial score (nSPS) is 22.3. The zero-order valence-corrected chi connectivity index (χ0v) is 46.3. The maximum Gasteiger partial charge on any atom is 0.338 e. The summed E-state index contributed by atoms with van der Waals surface area (Å²) in [5.41, 5.74) is 4.75. The number of methoxy groups -OCH3 is 1. The first kappa shape index (κ1) is 56.4. The van der Waals surface area contributed by atoms with Crippen LogP contribution in [0.3, 0.4) is 0 Å². The van der Waals surface area contributed by atoms with Gasteiger partial charge in [0.1, 0.15) is 35.8 Å². The highest BCUT2D eigenvalue weighted by atomic mass is 31.2. The molecule has 0 aliphatic carbocycles. The van der Waals surface area contributed by atoms with Crippen LogP contribution in [0.2, 0.25) is 18.1 Å². The molecule has 4 aromatic carbocycles. The Hall–Kier alpha value is -7.34. The first-order valence-corrected chi connectivity index (χ1v) is 30.1. The Morgan fingerprint density at radius 2 is 1.37 bits per heavy atom. The Bertz CT molecular complexity index is 3480. The number of hydrogen-bond acceptors (Lipinski definition) is 17. The Kier molecular flexibility index (Phi) is 16.3. The molecule has 2 saturated heterocycles. The van der Waals surface area contributed by atoms with Gasteiger partial charge in [0.25, 0.3) is 11.1 Å². The number of fused-ring (bicyclic) bond motifs is 1. The summed E-state index contributed by atoms with van der Waals surface area (Å²) < 4.78 is 69.2. The van der Waals surface area contributed by atoms with Crippen molar-refractivity contribution in [3.8, 4) is 5.75 Å². The summed E-state index contributed by atoms with van der Waals surface area (Å²) in [5, 5.41) is -0.440. The van der Waals surface area contributed by atoms with Crippen LogP contribution in [-0.4, -0.2) is 111 Å². The summed E-state index contributed by atoms with van der Waals surface area (Å²) in [6, 6.07) is 35.7. The number of aromatic nitrogens is 6. The van der Waals surface area contributed by atoms with E-state index in [0.29, 0.717) is 5.75 Å². The van der Waals surface area contributed by atoms with Gasteiger partial charge in [-0.3, -0.25) is 42.6 Å². The van der Waals surface area contributed by atoms with Crippen molar-refractivity contribution in [2.45, 2.75) is 107 Å². The van der Waals surface area contributed by atoms with Crippen LogP contribution in [0.25, 0.3) is 11.2 Å². The van der Waals surface area contributed by atoms with E-state index in [1.165, 1.54) is 23.0 Å². The van der Waals surface area contributed by atoms with Crippen LogP contribution in [0.15, 0.2) is 148 Å². The topological polar surface area (TPSA) is 290 Å². The quantitative estimate of drug-likeness (QED) is 0.0288. The van der Waals surface area contributed by atoms with Crippen LogP contribution >= 0.6 is 7.60 Å². The summed E-state index contributed by atoms with van der Waals surface area (Å²) in [4.78, 5) is 90.8. The Balaban J connectivity index is 1.12. The van der Waals surface area contributed by atoms with E-state index in [-0.39, 0.29) is 29.3 Å². The predicted molar refractivity (Wildman–Crippen MR) is 291 cm³/mol. The molecule has 9 atom stereocenters. The third-order valence-electron chi connectivity index (χ3n) is 14.5. The minimum absolute atomic E-state index is 0.0242. The molecule has 5 heterocycles. The molecule has 9 rings (SSSR count). The molecular weight excluding hydrogens is 1060 g/mol. The third-order valence-corrected chi connectivity index (χ3v) is 20.4. The van der Waals surface area contributed by atoms with Crippen LogP contribution in [0.1, 0.15) is 73.6 Å². The fourth-order valence-electron chi connectivity index (χ4n) is 9.65. The number of carbonyl (C=O) groups is 2. The highest BCUT2D eigenvalue weighted by Gasteiger charge is 2.56. The number of anilines is 1. The van der Waals surface area contributed by atoms with E-state index < -0.39 is 117 Å². The predicted octanol–water partition coefficient (Wildman–Crippen LogP) is 6.57. The molecule has 0 saturated carbocycles. The number of ether oxygens (including phenoxy) is 6. The second-order valence-electron chi connectivity index (χ2n) is 20.7. The number of nitrogens with one attached hydrogen (secondary N) is 2. The van der Waals surface area contributed by atoms with Gasteiger partial charge in [0.2, 0.25) is 5.95 Å². The molecule has 2 aliphatic heterocycles. The van der Waals surface area contributed by atoms with E-state index >= 15 is 4.57 Å². The highest BCUT2D eigenvalue weighted by Crippen LogP contribution is 2.53. The fraction of sp³-hybridized carbons (Fsp3) is 0.364. The number of imidazole rings is 1. The van der Waals surface area contributed by atoms with E-state index in [1.807, 2.05) is 119 Å². The van der Waals surface area contributed by atoms with Gasteiger partial charge in [0.05, 0.1) is 31.8 Å². The van der Waals surface area contributed by atoms with Crippen molar-refractivity contribution in [2.75, 3.05) is 25.6 Å². The Morgan fingerprint density at radius 1 is 0.772 bits per heavy atom. The highest BCUT2D eigenvalue weighted by molar-refractivity contribution is 7.52. The van der Waals surface area contributed by atoms with E-state index in [4.69, 9.17) is 43.1 Å². The van der Waals surface area contributed by atoms with Crippen molar-refractivity contribution in [1.82, 2.24) is 29.1 Å². The first-order chi connectivity index (χ1) is 37.6. The maximum absolute atomic E-state index is 15.1. The van der Waals surface area contributed by atoms with Gasteiger partial charge in [-0.2, -0.15) is 4.98 Å². The number of rotatable bonds is 19. The first-order valence-electron chi connectivity index (χ1n) is 25.4. The van der Waals surface area contributed by atoms with Crippen molar-refractivity contribution in [3.05, 3.63) is 187 Å². The lowest BCUT2D eigenvalue weighted by Gasteiger charge is -2.41. The number of H-pyrrole nitrogens is 2. The Labute approximate surface area is 454 Å². The molecular formula is C55H62N7O15PSi. The summed E-state index contributed by atoms with van der Waals surface area (Å²) in [6.45, 7) is 11.0. The summed E-state index contributed by atoms with van der Waals surface area (Å²) in [5.74, 6) is -1.30. The lowest BCUT2D eigenvalue weighted by atomic mass is 9.80. The lowest BCUT2D eigenvalue weighted by Crippen LogP contribution is -2.50. The molecule has 5 N–H and O–H groups in total. The molecule has 0 bridgehead atoms. The molecule has 24 heteroatoms. The average Bonchev–Trinajstić information content (AvgIpc) is 4.16. The summed E-state index contributed by atoms with van der Waals surface area (Å²) in [7, 11) is -6.30. The van der Waals surface area contributed by atoms with Gasteiger partial charge in [0, 0.05) is 19.2 Å². The number of nitrogen functional groups attached to an aromatic ring is 1. The molecule has 2 aliphatic rings. The van der Waals surface area contributed by atoms with E-state index in [9.17, 15) is 28.9 Å². The van der Waals surface area contributed by atoms with Gasteiger partial charge in [0.15, 0.2) is 44.1 Å². The van der Waals surface area contributed by atoms with Crippen molar-refractivity contribution in [1.29, 1.82) is 0 Å². The zero-order valence-electron chi connectivity index (χ0n) is 44.4. The van der Waals surface area contributed by atoms with Gasteiger partial charge in [-0.05, 0) is 65.5 Å². The summed E-state index contributed by atoms with van der Waals surface area (Å²) in [6.07, 6.45) is -9.62. The number of esters is 2. The van der Waals surface area contributed by atoms with E-state index in [1.54, 1.807) is 25.3 Å². The smallest absolute Gasteiger partial charge is 0.338 e. The lowest BCUT2D eigenvalue weighted by molar-refractivity contribution is -0.156. The van der Waals surface area contributed by atoms with Gasteiger partial charge in [-0.15, -0.1) is 0 Å². The van der Waals surface area contributed by atoms with Crippen molar-refractivity contribution >= 4 is 45.0 Å². The molecule has 416 valence electrons. The van der Waals surface area contributed by atoms with Gasteiger partial charge >= 0.3 is 25.2 Å². The molecule has 2 fully saturated rings. The molecule has 0 spiro atoms. The minimum atomic E-state index is -4.95. The number of benzene rings is 4. The molecule has 7 aromatic rings. The SMILES string of the molecule is COc1ccc(C(OC[C@H]2O[C@@H](n3cnc4c(=O)[nH]c(N)nc43)[C@H](OP(=O)(O)CC[C@H]3O[C@@H](n4ccc(=O)[nH]c4=O)[C@H](OC(C)=O)[C@@H]3OC(=O)c3ccccc3)[C@@H]2O[Si](C)(C)C(C)(C)C)(c2ccccc2)c2ccccc2)cc1. The molecule has 22 nitrogen and oxygen atoms in total. The van der Waals surface area contributed by atoms with Crippen LogP contribution < -0.4 is 27.3 Å². The van der Waals surface area contributed by atoms with Crippen molar-refractivity contribution in [3.63, 3.8) is 0 Å². The number of hydrogen-bond donors (Lipinski definition) is 4. The van der Waals surface area contributed by atoms with E-state index in [0.717, 1.165) is 40.4 Å². The average molecular weight is 1120 g/mol. The molecule has 79 heavy (non-hydrogen) atoms. The monoisotopic (exact) mass is 1120 g/mol. The summed E-state index contributed by atoms with van der Waals surface area (Å²) >= 11 is 0. The van der Waals surface area contributed by atoms with Crippen LogP contribution in [0, 0.1) is 0 Å². The minimum Gasteiger partial charge on any atom is -0.497 e. The molecule has 0 amide bonds. The molecule has 1 unspecified atom stereocenters. The third kappa shape index (κ3) is 11.8. The van der Waals surface area contributed by atoms with Crippen LogP contribution in [0.5, 0.6) is 5.75 Å². The second-order valence-corrected chi connectivity index (χ2v) is 27.4. The fourth-order valence-corrected chi connectivity index (χ4v) is 12.3. The largest absolute Gasteiger partial charge is 0.497 e. The standard InChI is InChI=1S/C55H62N7O15PSi/c1-33(63)72-45-43(75-51(66)34-17-11-8-12-18-34)39(73-49(45)61-29-27-41(64)58-53(61)67)28-30-78(68,69)76-46-44(77-79(6,7)54(2,3)4)40(74-50(46)62-32-57-42-47(62)59-52(56)60-48(42)65)31-71-55(35-19-13-9-14-20-35,36-21-15-10-16-22-36)37-23-25-38(70-5)26-24-37/h8-27,29,32,39-40,43-46,49-50H,28,30-31H2,1-7H3,(H,68,69)(H,58,64,67)(H3,56,59,60,65)/t39-,40-,43-,44-,45-,46-,49-,50-/m1/s1. The van der Waals surface area contributed by atoms with Crippen molar-refractivity contribution in [2.24, 2.45) is 0 Å². The maximum atomic E-state index is 15.1. The van der Waals surface area contributed by atoms with Gasteiger partial charge in [-0.25, -0.2) is 14.6 Å². The number of nitrogens with two attached hydrogens (primary N) is 1. The second kappa shape index (κ2) is 22.8. The van der Waals surface area contributed by atoms with E-state index in [2.05, 4.69) is 19.9 Å². The molecule has 3 aromatic heterocycles. The van der Waals surface area contributed by atoms with Gasteiger partial charge in [-0.1, -0.05) is 112 Å². The number of nitrogens with zero attached hydrogens (tertiary/aromatic N) is 4. The van der Waals surface area contributed by atoms with Crippen LogP contribution in [-0.2, 0) is 47.6 Å². The van der Waals surface area contributed by atoms with Crippen LogP contribution in [0.4, 0.5) is 5.95 Å². The van der Waals surface area contributed by atoms with Gasteiger partial charge < -0.3 is 43.5 Å². The van der Waals surface area contributed by atoms with Crippen molar-refractivity contribution < 1.29 is 56.4 Å². The Morgan fingerprint density at radius 3 is 1.96 bits per heavy atom. The zero-order chi connectivity index (χ0) is 56.4. The number of aromatic amines is 2.